The molecule has 0 aliphatic heterocycles. The van der Waals surface area contributed by atoms with E-state index in [0.29, 0.717) is 5.57 Å². The summed E-state index contributed by atoms with van der Waals surface area (Å²) in [4.78, 5) is 10.9. The Labute approximate surface area is 67.6 Å². The first kappa shape index (κ1) is 9.95. The third kappa shape index (κ3) is 4.37. The van der Waals surface area contributed by atoms with Crippen LogP contribution >= 0.6 is 0 Å². The SMILES string of the molecule is CC=C(C)C(=O)OC=C(C)C. The summed E-state index contributed by atoms with van der Waals surface area (Å²) in [6.07, 6.45) is 3.18. The fourth-order valence-corrected chi connectivity index (χ4v) is 0.382. The van der Waals surface area contributed by atoms with Crippen LogP contribution < -0.4 is 0 Å². The topological polar surface area (TPSA) is 26.3 Å². The van der Waals surface area contributed by atoms with E-state index in [9.17, 15) is 4.79 Å². The Balaban J connectivity index is 4.00. The number of esters is 1. The zero-order valence-corrected chi connectivity index (χ0v) is 7.47. The molecule has 0 unspecified atom stereocenters. The summed E-state index contributed by atoms with van der Waals surface area (Å²) in [6, 6.07) is 0. The molecule has 0 spiro atoms. The number of ether oxygens (including phenoxy) is 1. The molecule has 62 valence electrons. The zero-order chi connectivity index (χ0) is 8.85. The number of hydrogen-bond donors (Lipinski definition) is 0. The van der Waals surface area contributed by atoms with Crippen molar-refractivity contribution in [3.8, 4) is 0 Å². The molecule has 0 saturated carbocycles. The summed E-state index contributed by atoms with van der Waals surface area (Å²) >= 11 is 0. The highest BCUT2D eigenvalue weighted by Gasteiger charge is 2.00. The summed E-state index contributed by atoms with van der Waals surface area (Å²) in [6.45, 7) is 7.27. The Bertz CT molecular complexity index is 196. The molecular weight excluding hydrogens is 140 g/mol. The second-order valence-corrected chi connectivity index (χ2v) is 2.57. The lowest BCUT2D eigenvalue weighted by Gasteiger charge is -1.97. The molecule has 0 amide bonds. The molecule has 0 aromatic carbocycles. The van der Waals surface area contributed by atoms with Crippen LogP contribution in [0, 0.1) is 0 Å². The van der Waals surface area contributed by atoms with Gasteiger partial charge in [0.1, 0.15) is 0 Å². The van der Waals surface area contributed by atoms with Gasteiger partial charge in [0, 0.05) is 5.57 Å². The monoisotopic (exact) mass is 154 g/mol. The maximum Gasteiger partial charge on any atom is 0.338 e. The van der Waals surface area contributed by atoms with E-state index in [-0.39, 0.29) is 5.97 Å². The predicted molar refractivity (Wildman–Crippen MR) is 45.0 cm³/mol. The summed E-state index contributed by atoms with van der Waals surface area (Å²) in [7, 11) is 0. The molecule has 0 bridgehead atoms. The van der Waals surface area contributed by atoms with Gasteiger partial charge in [0.2, 0.25) is 0 Å². The third-order valence-electron chi connectivity index (χ3n) is 1.16. The van der Waals surface area contributed by atoms with Crippen molar-refractivity contribution in [3.05, 3.63) is 23.5 Å². The molecule has 0 aromatic rings. The first-order valence-corrected chi connectivity index (χ1v) is 3.55. The van der Waals surface area contributed by atoms with Crippen LogP contribution in [0.1, 0.15) is 27.7 Å². The standard InChI is InChI=1S/C9H14O2/c1-5-8(4)9(10)11-6-7(2)3/h5-6H,1-4H3. The molecule has 0 fully saturated rings. The minimum atomic E-state index is -0.284. The van der Waals surface area contributed by atoms with Crippen molar-refractivity contribution in [1.82, 2.24) is 0 Å². The van der Waals surface area contributed by atoms with Gasteiger partial charge in [0.05, 0.1) is 6.26 Å². The molecule has 0 N–H and O–H groups in total. The number of hydrogen-bond acceptors (Lipinski definition) is 2. The highest BCUT2D eigenvalue weighted by atomic mass is 16.5. The molecule has 0 rings (SSSR count). The molecule has 0 heterocycles. The Kier molecular flexibility index (Phi) is 4.27. The van der Waals surface area contributed by atoms with E-state index in [1.807, 2.05) is 13.8 Å². The van der Waals surface area contributed by atoms with Crippen LogP contribution in [0.3, 0.4) is 0 Å². The van der Waals surface area contributed by atoms with Crippen molar-refractivity contribution in [2.45, 2.75) is 27.7 Å². The van der Waals surface area contributed by atoms with Crippen molar-refractivity contribution in [2.24, 2.45) is 0 Å². The van der Waals surface area contributed by atoms with Crippen LogP contribution in [-0.2, 0) is 9.53 Å². The molecule has 0 atom stereocenters. The highest BCUT2D eigenvalue weighted by molar-refractivity contribution is 5.88. The van der Waals surface area contributed by atoms with Gasteiger partial charge in [-0.15, -0.1) is 0 Å². The largest absolute Gasteiger partial charge is 0.431 e. The lowest BCUT2D eigenvalue weighted by Crippen LogP contribution is -2.00. The van der Waals surface area contributed by atoms with Crippen LogP contribution in [0.25, 0.3) is 0 Å². The maximum atomic E-state index is 10.9. The Morgan fingerprint density at radius 1 is 1.27 bits per heavy atom. The molecular formula is C9H14O2. The van der Waals surface area contributed by atoms with E-state index in [1.165, 1.54) is 6.26 Å². The molecule has 0 aliphatic carbocycles. The smallest absolute Gasteiger partial charge is 0.338 e. The molecule has 2 heteroatoms. The van der Waals surface area contributed by atoms with Crippen LogP contribution in [0.15, 0.2) is 23.5 Å². The van der Waals surface area contributed by atoms with Crippen LogP contribution in [0.2, 0.25) is 0 Å². The normalized spacial score (nSPS) is 10.7. The Morgan fingerprint density at radius 3 is 2.18 bits per heavy atom. The fourth-order valence-electron chi connectivity index (χ4n) is 0.382. The number of carbonyl (C=O) groups excluding carboxylic acids is 1. The van der Waals surface area contributed by atoms with Crippen molar-refractivity contribution >= 4 is 5.97 Å². The minimum absolute atomic E-state index is 0.284. The van der Waals surface area contributed by atoms with E-state index in [0.717, 1.165) is 5.57 Å². The summed E-state index contributed by atoms with van der Waals surface area (Å²) in [5.74, 6) is -0.284. The molecule has 2 nitrogen and oxygen atoms in total. The molecule has 0 aromatic heterocycles. The quantitative estimate of drug-likeness (QED) is 0.347. The van der Waals surface area contributed by atoms with Gasteiger partial charge in [-0.05, 0) is 33.3 Å². The molecule has 0 radical (unpaired) electrons. The van der Waals surface area contributed by atoms with Gasteiger partial charge in [0.25, 0.3) is 0 Å². The fraction of sp³-hybridized carbons (Fsp3) is 0.444. The third-order valence-corrected chi connectivity index (χ3v) is 1.16. The minimum Gasteiger partial charge on any atom is -0.431 e. The lowest BCUT2D eigenvalue weighted by molar-refractivity contribution is -0.133. The van der Waals surface area contributed by atoms with Gasteiger partial charge in [-0.2, -0.15) is 0 Å². The lowest BCUT2D eigenvalue weighted by atomic mass is 10.3. The van der Waals surface area contributed by atoms with Gasteiger partial charge >= 0.3 is 5.97 Å². The number of carbonyl (C=O) groups is 1. The van der Waals surface area contributed by atoms with Crippen molar-refractivity contribution in [2.75, 3.05) is 0 Å². The van der Waals surface area contributed by atoms with E-state index >= 15 is 0 Å². The van der Waals surface area contributed by atoms with E-state index < -0.39 is 0 Å². The zero-order valence-electron chi connectivity index (χ0n) is 7.47. The Hall–Kier alpha value is -1.05. The molecule has 0 saturated heterocycles. The second-order valence-electron chi connectivity index (χ2n) is 2.57. The first-order chi connectivity index (χ1) is 5.07. The average Bonchev–Trinajstić information content (AvgIpc) is 1.98. The van der Waals surface area contributed by atoms with Gasteiger partial charge in [-0.3, -0.25) is 0 Å². The maximum absolute atomic E-state index is 10.9. The van der Waals surface area contributed by atoms with Gasteiger partial charge < -0.3 is 4.74 Å². The van der Waals surface area contributed by atoms with Crippen LogP contribution in [0.5, 0.6) is 0 Å². The average molecular weight is 154 g/mol. The second kappa shape index (κ2) is 4.72. The van der Waals surface area contributed by atoms with Crippen LogP contribution in [0.4, 0.5) is 0 Å². The van der Waals surface area contributed by atoms with E-state index in [1.54, 1.807) is 19.9 Å². The van der Waals surface area contributed by atoms with Crippen LogP contribution in [-0.4, -0.2) is 5.97 Å². The molecule has 11 heavy (non-hydrogen) atoms. The highest BCUT2D eigenvalue weighted by Crippen LogP contribution is 1.98. The van der Waals surface area contributed by atoms with Gasteiger partial charge in [-0.1, -0.05) is 6.08 Å². The number of rotatable bonds is 2. The van der Waals surface area contributed by atoms with E-state index in [4.69, 9.17) is 4.74 Å². The summed E-state index contributed by atoms with van der Waals surface area (Å²) < 4.78 is 4.79. The van der Waals surface area contributed by atoms with Gasteiger partial charge in [0.15, 0.2) is 0 Å². The number of allylic oxidation sites excluding steroid dienone is 2. The predicted octanol–water partition coefficient (Wildman–Crippen LogP) is 2.42. The molecule has 0 aliphatic rings. The van der Waals surface area contributed by atoms with Gasteiger partial charge in [-0.25, -0.2) is 4.79 Å². The van der Waals surface area contributed by atoms with Crippen molar-refractivity contribution < 1.29 is 9.53 Å². The summed E-state index contributed by atoms with van der Waals surface area (Å²) in [5.41, 5.74) is 1.60. The van der Waals surface area contributed by atoms with Crippen molar-refractivity contribution in [1.29, 1.82) is 0 Å². The van der Waals surface area contributed by atoms with E-state index in [2.05, 4.69) is 0 Å². The first-order valence-electron chi connectivity index (χ1n) is 3.55. The van der Waals surface area contributed by atoms with Crippen molar-refractivity contribution in [3.63, 3.8) is 0 Å². The summed E-state index contributed by atoms with van der Waals surface area (Å²) in [5, 5.41) is 0. The Morgan fingerprint density at radius 2 is 1.82 bits per heavy atom.